The Morgan fingerprint density at radius 2 is 1.71 bits per heavy atom. The van der Waals surface area contributed by atoms with Crippen LogP contribution >= 0.6 is 23.2 Å². The second kappa shape index (κ2) is 6.70. The van der Waals surface area contributed by atoms with Gasteiger partial charge in [-0.2, -0.15) is 0 Å². The summed E-state index contributed by atoms with van der Waals surface area (Å²) in [7, 11) is 0. The number of carboxylic acids is 1. The van der Waals surface area contributed by atoms with Gasteiger partial charge in [0.05, 0.1) is 38.0 Å². The Morgan fingerprint density at radius 1 is 1.00 bits per heavy atom. The summed E-state index contributed by atoms with van der Waals surface area (Å²) in [5.41, 5.74) is 1.66. The second-order valence-electron chi connectivity index (χ2n) is 6.00. The van der Waals surface area contributed by atoms with Crippen LogP contribution in [0.2, 0.25) is 10.0 Å². The number of ether oxygens (including phenoxy) is 1. The van der Waals surface area contributed by atoms with Crippen LogP contribution < -0.4 is 10.1 Å². The first-order valence-corrected chi connectivity index (χ1v) is 8.69. The zero-order valence-electron chi connectivity index (χ0n) is 13.9. The molecule has 1 aliphatic rings. The first-order valence-electron chi connectivity index (χ1n) is 7.93. The average Bonchev–Trinajstić information content (AvgIpc) is 2.67. The van der Waals surface area contributed by atoms with E-state index in [1.807, 2.05) is 0 Å². The lowest BCUT2D eigenvalue weighted by molar-refractivity contribution is -0.384. The Morgan fingerprint density at radius 3 is 2.39 bits per heavy atom. The monoisotopic (exact) mass is 416 g/mol. The third-order valence-electron chi connectivity index (χ3n) is 4.24. The van der Waals surface area contributed by atoms with Gasteiger partial charge in [-0.05, 0) is 35.4 Å². The molecular formula is C19H10Cl2N2O5. The first kappa shape index (κ1) is 18.1. The molecule has 3 aromatic rings. The van der Waals surface area contributed by atoms with Gasteiger partial charge in [-0.15, -0.1) is 0 Å². The summed E-state index contributed by atoms with van der Waals surface area (Å²) in [4.78, 5) is 22.0. The molecular weight excluding hydrogens is 407 g/mol. The van der Waals surface area contributed by atoms with Crippen molar-refractivity contribution in [2.24, 2.45) is 0 Å². The summed E-state index contributed by atoms with van der Waals surface area (Å²) in [5, 5.41) is 24.4. The minimum Gasteiger partial charge on any atom is -0.478 e. The molecule has 0 spiro atoms. The number of non-ortho nitro benzene ring substituents is 1. The van der Waals surface area contributed by atoms with Crippen LogP contribution in [-0.2, 0) is 0 Å². The fourth-order valence-electron chi connectivity index (χ4n) is 2.91. The number of nitrogens with one attached hydrogen (secondary N) is 1. The molecule has 0 amide bonds. The average molecular weight is 417 g/mol. The molecule has 0 fully saturated rings. The minimum absolute atomic E-state index is 0.0707. The van der Waals surface area contributed by atoms with Gasteiger partial charge in [-0.3, -0.25) is 10.1 Å². The van der Waals surface area contributed by atoms with Crippen molar-refractivity contribution in [3.8, 4) is 22.6 Å². The third-order valence-corrected chi connectivity index (χ3v) is 4.98. The highest BCUT2D eigenvalue weighted by atomic mass is 35.5. The van der Waals surface area contributed by atoms with Crippen LogP contribution in [0.4, 0.5) is 17.1 Å². The topological polar surface area (TPSA) is 102 Å². The van der Waals surface area contributed by atoms with E-state index in [1.54, 1.807) is 36.4 Å². The Kier molecular flexibility index (Phi) is 4.33. The SMILES string of the molecule is O=C(O)c1cc([N+](=O)[O-])cc2c1Nc1cc(-c3ccc(Cl)c(Cl)c3)ccc1O2. The summed E-state index contributed by atoms with van der Waals surface area (Å²) in [6, 6.07) is 12.6. The second-order valence-corrected chi connectivity index (χ2v) is 6.81. The number of aromatic carboxylic acids is 1. The molecule has 7 nitrogen and oxygen atoms in total. The van der Waals surface area contributed by atoms with Gasteiger partial charge in [-0.1, -0.05) is 35.3 Å². The summed E-state index contributed by atoms with van der Waals surface area (Å²) >= 11 is 12.0. The van der Waals surface area contributed by atoms with Crippen LogP contribution in [0.5, 0.6) is 11.5 Å². The molecule has 3 aromatic carbocycles. The van der Waals surface area contributed by atoms with Crippen molar-refractivity contribution in [2.75, 3.05) is 5.32 Å². The molecule has 0 aromatic heterocycles. The van der Waals surface area contributed by atoms with Crippen molar-refractivity contribution in [2.45, 2.75) is 0 Å². The first-order chi connectivity index (χ1) is 13.3. The molecule has 0 saturated heterocycles. The number of rotatable bonds is 3. The molecule has 0 unspecified atom stereocenters. The van der Waals surface area contributed by atoms with Gasteiger partial charge < -0.3 is 15.2 Å². The smallest absolute Gasteiger partial charge is 0.338 e. The molecule has 140 valence electrons. The fourth-order valence-corrected chi connectivity index (χ4v) is 3.21. The van der Waals surface area contributed by atoms with Crippen molar-refractivity contribution < 1.29 is 19.6 Å². The van der Waals surface area contributed by atoms with E-state index in [4.69, 9.17) is 27.9 Å². The van der Waals surface area contributed by atoms with Crippen LogP contribution in [0, 0.1) is 10.1 Å². The van der Waals surface area contributed by atoms with E-state index < -0.39 is 10.9 Å². The maximum atomic E-state index is 11.6. The molecule has 1 aliphatic heterocycles. The van der Waals surface area contributed by atoms with Gasteiger partial charge in [-0.25, -0.2) is 4.79 Å². The number of nitro groups is 1. The zero-order chi connectivity index (χ0) is 20.0. The van der Waals surface area contributed by atoms with E-state index >= 15 is 0 Å². The number of benzene rings is 3. The highest BCUT2D eigenvalue weighted by Crippen LogP contribution is 2.46. The van der Waals surface area contributed by atoms with Crippen LogP contribution in [0.3, 0.4) is 0 Å². The van der Waals surface area contributed by atoms with Crippen LogP contribution in [0.15, 0.2) is 48.5 Å². The predicted molar refractivity (Wildman–Crippen MR) is 105 cm³/mol. The molecule has 0 aliphatic carbocycles. The largest absolute Gasteiger partial charge is 0.478 e. The molecule has 2 N–H and O–H groups in total. The summed E-state index contributed by atoms with van der Waals surface area (Å²) in [6.07, 6.45) is 0. The Labute approximate surface area is 168 Å². The Bertz CT molecular complexity index is 1160. The molecule has 4 rings (SSSR count). The van der Waals surface area contributed by atoms with Gasteiger partial charge in [0.15, 0.2) is 11.5 Å². The summed E-state index contributed by atoms with van der Waals surface area (Å²) < 4.78 is 5.72. The number of halogens is 2. The lowest BCUT2D eigenvalue weighted by Crippen LogP contribution is -2.10. The Hall–Kier alpha value is -3.29. The lowest BCUT2D eigenvalue weighted by Gasteiger charge is -2.23. The number of nitrogens with zero attached hydrogens (tertiary/aromatic N) is 1. The summed E-state index contributed by atoms with van der Waals surface area (Å²) in [6.45, 7) is 0. The van der Waals surface area contributed by atoms with Crippen LogP contribution in [0.1, 0.15) is 10.4 Å². The van der Waals surface area contributed by atoms with Crippen molar-refractivity contribution in [3.05, 3.63) is 74.3 Å². The minimum atomic E-state index is -1.31. The van der Waals surface area contributed by atoms with Crippen LogP contribution in [0.25, 0.3) is 11.1 Å². The zero-order valence-corrected chi connectivity index (χ0v) is 15.4. The highest BCUT2D eigenvalue weighted by molar-refractivity contribution is 6.42. The lowest BCUT2D eigenvalue weighted by atomic mass is 10.0. The highest BCUT2D eigenvalue weighted by Gasteiger charge is 2.27. The Balaban J connectivity index is 1.79. The molecule has 9 heteroatoms. The van der Waals surface area contributed by atoms with E-state index in [9.17, 15) is 20.0 Å². The van der Waals surface area contributed by atoms with Crippen molar-refractivity contribution >= 4 is 46.2 Å². The number of hydrogen-bond acceptors (Lipinski definition) is 5. The van der Waals surface area contributed by atoms with Gasteiger partial charge >= 0.3 is 5.97 Å². The van der Waals surface area contributed by atoms with Gasteiger partial charge in [0.25, 0.3) is 5.69 Å². The maximum Gasteiger partial charge on any atom is 0.338 e. The predicted octanol–water partition coefficient (Wildman–Crippen LogP) is 6.12. The molecule has 0 saturated carbocycles. The maximum absolute atomic E-state index is 11.6. The number of nitro benzene ring substituents is 1. The molecule has 28 heavy (non-hydrogen) atoms. The van der Waals surface area contributed by atoms with Crippen molar-refractivity contribution in [1.29, 1.82) is 0 Å². The van der Waals surface area contributed by atoms with E-state index in [2.05, 4.69) is 5.32 Å². The number of fused-ring (bicyclic) bond motifs is 2. The molecule has 0 bridgehead atoms. The van der Waals surface area contributed by atoms with Gasteiger partial charge in [0.2, 0.25) is 0 Å². The standard InChI is InChI=1S/C19H10Cl2N2O5/c20-13-3-1-9(5-14(13)21)10-2-4-16-15(6-10)22-18-12(19(24)25)7-11(23(26)27)8-17(18)28-16/h1-8,22H,(H,24,25). The number of carboxylic acid groups (broad SMARTS) is 1. The number of anilines is 2. The van der Waals surface area contributed by atoms with Gasteiger partial charge in [0.1, 0.15) is 0 Å². The molecule has 0 atom stereocenters. The van der Waals surface area contributed by atoms with E-state index in [-0.39, 0.29) is 22.7 Å². The third kappa shape index (κ3) is 3.11. The number of hydrogen-bond donors (Lipinski definition) is 2. The van der Waals surface area contributed by atoms with E-state index in [0.29, 0.717) is 21.5 Å². The van der Waals surface area contributed by atoms with E-state index in [0.717, 1.165) is 17.2 Å². The summed E-state index contributed by atoms with van der Waals surface area (Å²) in [5.74, 6) is -0.824. The van der Waals surface area contributed by atoms with Crippen LogP contribution in [-0.4, -0.2) is 16.0 Å². The number of carbonyl (C=O) groups is 1. The van der Waals surface area contributed by atoms with E-state index in [1.165, 1.54) is 6.07 Å². The van der Waals surface area contributed by atoms with Crippen molar-refractivity contribution in [3.63, 3.8) is 0 Å². The molecule has 1 heterocycles. The fraction of sp³-hybridized carbons (Fsp3) is 0. The van der Waals surface area contributed by atoms with Gasteiger partial charge in [0, 0.05) is 6.07 Å². The van der Waals surface area contributed by atoms with Crippen molar-refractivity contribution in [1.82, 2.24) is 0 Å². The quantitative estimate of drug-likeness (QED) is 0.308. The normalized spacial score (nSPS) is 11.6. The molecule has 0 radical (unpaired) electrons.